The summed E-state index contributed by atoms with van der Waals surface area (Å²) < 4.78 is 0. The van der Waals surface area contributed by atoms with Crippen LogP contribution in [0.2, 0.25) is 20.1 Å². The van der Waals surface area contributed by atoms with Crippen LogP contribution < -0.4 is 16.0 Å². The summed E-state index contributed by atoms with van der Waals surface area (Å²) in [5, 5.41) is 13.6. The van der Waals surface area contributed by atoms with Gasteiger partial charge in [0, 0.05) is 28.2 Å². The maximum atomic E-state index is 12.2. The highest BCUT2D eigenvalue weighted by atomic mass is 35.5. The van der Waals surface area contributed by atoms with Gasteiger partial charge in [-0.1, -0.05) is 46.4 Å². The second-order valence-corrected chi connectivity index (χ2v) is 8.60. The third kappa shape index (κ3) is 6.61. The minimum atomic E-state index is -0.725. The first-order valence-electron chi connectivity index (χ1n) is 9.11. The highest BCUT2D eigenvalue weighted by molar-refractivity contribution is 6.39. The van der Waals surface area contributed by atoms with Crippen molar-refractivity contribution in [1.82, 2.24) is 10.2 Å². The van der Waals surface area contributed by atoms with Crippen molar-refractivity contribution >= 4 is 81.4 Å². The second-order valence-electron chi connectivity index (χ2n) is 6.91. The van der Waals surface area contributed by atoms with Crippen molar-refractivity contribution in [2.45, 2.75) is 19.9 Å². The van der Waals surface area contributed by atoms with E-state index in [1.807, 2.05) is 0 Å². The Kier molecular flexibility index (Phi) is 8.73. The van der Waals surface area contributed by atoms with Gasteiger partial charge in [-0.3, -0.25) is 14.9 Å². The molecule has 1 heterocycles. The molecule has 33 heavy (non-hydrogen) atoms. The number of nitrogen functional groups attached to an aromatic ring is 1. The number of urea groups is 2. The molecule has 0 aromatic heterocycles. The summed E-state index contributed by atoms with van der Waals surface area (Å²) in [6, 6.07) is 5.19. The molecular formula is C19H17Cl4N5O5. The third-order valence-electron chi connectivity index (χ3n) is 4.00. The van der Waals surface area contributed by atoms with Gasteiger partial charge >= 0.3 is 12.1 Å². The topological polar surface area (TPSA) is 139 Å². The summed E-state index contributed by atoms with van der Waals surface area (Å²) in [5.74, 6) is -0.516. The highest BCUT2D eigenvalue weighted by Crippen LogP contribution is 2.32. The Labute approximate surface area is 208 Å². The van der Waals surface area contributed by atoms with Crippen LogP contribution in [0.1, 0.15) is 13.8 Å². The minimum Gasteiger partial charge on any atom is -0.396 e. The summed E-state index contributed by atoms with van der Waals surface area (Å²) in [6.07, 6.45) is 0. The number of hydrogen-bond donors (Lipinski definition) is 2. The molecule has 176 valence electrons. The molecule has 0 bridgehead atoms. The number of nitrogens with one attached hydrogen (secondary N) is 1. The van der Waals surface area contributed by atoms with Gasteiger partial charge in [-0.25, -0.2) is 19.4 Å². The van der Waals surface area contributed by atoms with Gasteiger partial charge in [0.05, 0.1) is 26.3 Å². The second kappa shape index (κ2) is 10.9. The van der Waals surface area contributed by atoms with Crippen LogP contribution in [-0.2, 0) is 4.79 Å². The molecule has 14 heteroatoms. The largest absolute Gasteiger partial charge is 0.396 e. The molecule has 1 aliphatic heterocycles. The fourth-order valence-corrected chi connectivity index (χ4v) is 3.57. The van der Waals surface area contributed by atoms with Gasteiger partial charge in [-0.2, -0.15) is 0 Å². The number of rotatable bonds is 3. The van der Waals surface area contributed by atoms with Crippen LogP contribution in [0.15, 0.2) is 30.3 Å². The van der Waals surface area contributed by atoms with E-state index in [1.54, 1.807) is 13.8 Å². The molecule has 0 radical (unpaired) electrons. The molecule has 0 unspecified atom stereocenters. The molecule has 10 nitrogen and oxygen atoms in total. The standard InChI is InChI=1S/C13H13Cl2N3O3.C6H4Cl2N2O2/c1-7(2)16-12(20)17-6-11(19)18(13(17)21)10-4-8(14)3-9(15)5-10;7-4-1-3(10(11)12)2-5(8)6(4)9/h3-5,7H,6H2,1-2H3,(H,16,20);1-2H,9H2. The van der Waals surface area contributed by atoms with E-state index in [0.717, 1.165) is 21.9 Å². The van der Waals surface area contributed by atoms with Crippen LogP contribution in [-0.4, -0.2) is 40.4 Å². The van der Waals surface area contributed by atoms with E-state index in [4.69, 9.17) is 52.1 Å². The third-order valence-corrected chi connectivity index (χ3v) is 5.06. The number of hydrogen-bond acceptors (Lipinski definition) is 6. The van der Waals surface area contributed by atoms with Gasteiger partial charge in [0.25, 0.3) is 11.6 Å². The van der Waals surface area contributed by atoms with E-state index < -0.39 is 22.9 Å². The van der Waals surface area contributed by atoms with Gasteiger partial charge in [0.15, 0.2) is 0 Å². The molecular weight excluding hydrogens is 520 g/mol. The molecule has 1 aliphatic rings. The van der Waals surface area contributed by atoms with Crippen molar-refractivity contribution in [3.63, 3.8) is 0 Å². The summed E-state index contributed by atoms with van der Waals surface area (Å²) in [4.78, 5) is 47.5. The molecule has 5 amide bonds. The fourth-order valence-electron chi connectivity index (χ4n) is 2.58. The number of nitro groups is 1. The summed E-state index contributed by atoms with van der Waals surface area (Å²) >= 11 is 22.8. The van der Waals surface area contributed by atoms with Gasteiger partial charge in [-0.15, -0.1) is 0 Å². The minimum absolute atomic E-state index is 0.0919. The van der Waals surface area contributed by atoms with E-state index in [-0.39, 0.29) is 39.7 Å². The number of halogens is 4. The monoisotopic (exact) mass is 535 g/mol. The number of amides is 5. The Morgan fingerprint density at radius 2 is 1.58 bits per heavy atom. The first kappa shape index (κ1) is 26.5. The molecule has 0 aliphatic carbocycles. The maximum absolute atomic E-state index is 12.2. The Balaban J connectivity index is 0.000000273. The number of benzene rings is 2. The van der Waals surface area contributed by atoms with Gasteiger partial charge < -0.3 is 11.1 Å². The molecule has 2 aromatic carbocycles. The lowest BCUT2D eigenvalue weighted by Gasteiger charge is -2.18. The molecule has 1 saturated heterocycles. The number of nitrogens with two attached hydrogens (primary N) is 1. The predicted octanol–water partition coefficient (Wildman–Crippen LogP) is 5.36. The van der Waals surface area contributed by atoms with E-state index >= 15 is 0 Å². The van der Waals surface area contributed by atoms with Gasteiger partial charge in [0.2, 0.25) is 0 Å². The maximum Gasteiger partial charge on any atom is 0.340 e. The zero-order valence-corrected chi connectivity index (χ0v) is 20.2. The Morgan fingerprint density at radius 1 is 1.06 bits per heavy atom. The average molecular weight is 537 g/mol. The lowest BCUT2D eigenvalue weighted by molar-refractivity contribution is -0.384. The number of carbonyl (C=O) groups is 3. The normalized spacial score (nSPS) is 13.2. The van der Waals surface area contributed by atoms with Crippen molar-refractivity contribution in [3.05, 3.63) is 60.5 Å². The van der Waals surface area contributed by atoms with Crippen LogP contribution in [0.3, 0.4) is 0 Å². The Hall–Kier alpha value is -2.79. The van der Waals surface area contributed by atoms with Crippen LogP contribution in [0.4, 0.5) is 26.7 Å². The first-order valence-corrected chi connectivity index (χ1v) is 10.6. The van der Waals surface area contributed by atoms with Crippen molar-refractivity contribution in [3.8, 4) is 0 Å². The fraction of sp³-hybridized carbons (Fsp3) is 0.211. The van der Waals surface area contributed by atoms with Crippen molar-refractivity contribution in [2.75, 3.05) is 17.2 Å². The lowest BCUT2D eigenvalue weighted by Crippen LogP contribution is -2.45. The zero-order chi connectivity index (χ0) is 25.0. The van der Waals surface area contributed by atoms with Crippen LogP contribution >= 0.6 is 46.4 Å². The molecule has 0 spiro atoms. The number of nitro benzene ring substituents is 1. The van der Waals surface area contributed by atoms with Crippen LogP contribution in [0, 0.1) is 10.1 Å². The summed E-state index contributed by atoms with van der Waals surface area (Å²) in [6.45, 7) is 3.20. The average Bonchev–Trinajstić information content (AvgIpc) is 2.99. The molecule has 3 rings (SSSR count). The van der Waals surface area contributed by atoms with Gasteiger partial charge in [-0.05, 0) is 32.0 Å². The molecule has 0 saturated carbocycles. The first-order chi connectivity index (χ1) is 15.3. The van der Waals surface area contributed by atoms with Crippen LogP contribution in [0.5, 0.6) is 0 Å². The Morgan fingerprint density at radius 3 is 2.03 bits per heavy atom. The zero-order valence-electron chi connectivity index (χ0n) is 17.1. The predicted molar refractivity (Wildman–Crippen MR) is 127 cm³/mol. The smallest absolute Gasteiger partial charge is 0.340 e. The van der Waals surface area contributed by atoms with Gasteiger partial charge in [0.1, 0.15) is 6.54 Å². The lowest BCUT2D eigenvalue weighted by atomic mass is 10.3. The summed E-state index contributed by atoms with van der Waals surface area (Å²) in [7, 11) is 0. The van der Waals surface area contributed by atoms with E-state index in [1.165, 1.54) is 18.2 Å². The van der Waals surface area contributed by atoms with E-state index in [9.17, 15) is 24.5 Å². The van der Waals surface area contributed by atoms with Crippen molar-refractivity contribution in [2.24, 2.45) is 0 Å². The van der Waals surface area contributed by atoms with Crippen molar-refractivity contribution in [1.29, 1.82) is 0 Å². The SMILES string of the molecule is CC(C)NC(=O)N1CC(=O)N(c2cc(Cl)cc(Cl)c2)C1=O.Nc1c(Cl)cc([N+](=O)[O-])cc1Cl. The quantitative estimate of drug-likeness (QED) is 0.234. The highest BCUT2D eigenvalue weighted by Gasteiger charge is 2.41. The number of imide groups is 2. The Bertz CT molecular complexity index is 1080. The van der Waals surface area contributed by atoms with E-state index in [2.05, 4.69) is 5.32 Å². The van der Waals surface area contributed by atoms with E-state index in [0.29, 0.717) is 10.0 Å². The number of nitrogens with zero attached hydrogens (tertiary/aromatic N) is 3. The number of non-ortho nitro benzene ring substituents is 1. The number of anilines is 2. The molecule has 0 atom stereocenters. The van der Waals surface area contributed by atoms with Crippen molar-refractivity contribution < 1.29 is 19.3 Å². The molecule has 1 fully saturated rings. The number of carbonyl (C=O) groups excluding carboxylic acids is 3. The molecule has 2 aromatic rings. The van der Waals surface area contributed by atoms with Crippen LogP contribution in [0.25, 0.3) is 0 Å². The summed E-state index contributed by atoms with van der Waals surface area (Å²) in [5.41, 5.74) is 5.59. The molecule has 3 N–H and O–H groups in total.